The fourth-order valence-corrected chi connectivity index (χ4v) is 2.87. The van der Waals surface area contributed by atoms with Gasteiger partial charge in [0.1, 0.15) is 6.54 Å². The van der Waals surface area contributed by atoms with E-state index in [1.165, 1.54) is 22.3 Å². The number of carbonyl (C=O) groups excluding carboxylic acids is 3. The number of amides is 2. The lowest BCUT2D eigenvalue weighted by Crippen LogP contribution is -2.43. The van der Waals surface area contributed by atoms with Crippen LogP contribution in [0.2, 0.25) is 0 Å². The zero-order chi connectivity index (χ0) is 16.9. The van der Waals surface area contributed by atoms with Crippen LogP contribution in [0.5, 0.6) is 0 Å². The number of anilines is 2. The van der Waals surface area contributed by atoms with E-state index >= 15 is 0 Å². The van der Waals surface area contributed by atoms with Gasteiger partial charge in [0.25, 0.3) is 5.91 Å². The minimum atomic E-state index is -0.605. The number of fused-ring (bicyclic) bond motifs is 1. The summed E-state index contributed by atoms with van der Waals surface area (Å²) in [5.74, 6) is -1.34. The van der Waals surface area contributed by atoms with E-state index in [9.17, 15) is 14.4 Å². The largest absolute Gasteiger partial charge is 0.452 e. The van der Waals surface area contributed by atoms with Crippen LogP contribution in [0.3, 0.4) is 0 Å². The number of nitrogens with one attached hydrogen (secondary N) is 1. The third-order valence-electron chi connectivity index (χ3n) is 3.34. The number of carbonyl (C=O) groups is 3. The summed E-state index contributed by atoms with van der Waals surface area (Å²) in [7, 11) is 0. The van der Waals surface area contributed by atoms with Crippen molar-refractivity contribution in [1.29, 1.82) is 0 Å². The number of benzene rings is 1. The van der Waals surface area contributed by atoms with Gasteiger partial charge in [0.05, 0.1) is 11.4 Å². The smallest absolute Gasteiger partial charge is 0.331 e. The van der Waals surface area contributed by atoms with Crippen molar-refractivity contribution in [2.75, 3.05) is 23.4 Å². The van der Waals surface area contributed by atoms with Crippen LogP contribution in [0.25, 0.3) is 6.08 Å². The molecule has 1 aromatic carbocycles. The maximum atomic E-state index is 12.3. The fraction of sp³-hybridized carbons (Fsp3) is 0.118. The average molecular weight is 342 g/mol. The molecule has 0 spiro atoms. The summed E-state index contributed by atoms with van der Waals surface area (Å²) in [5.41, 5.74) is 1.15. The van der Waals surface area contributed by atoms with Gasteiger partial charge >= 0.3 is 5.97 Å². The maximum absolute atomic E-state index is 12.3. The summed E-state index contributed by atoms with van der Waals surface area (Å²) in [5, 5.41) is 4.59. The van der Waals surface area contributed by atoms with Crippen LogP contribution in [-0.2, 0) is 19.1 Å². The number of ether oxygens (including phenoxy) is 1. The van der Waals surface area contributed by atoms with E-state index in [1.54, 1.807) is 30.3 Å². The molecule has 6 nitrogen and oxygen atoms in total. The minimum Gasteiger partial charge on any atom is -0.452 e. The Morgan fingerprint density at radius 2 is 2.08 bits per heavy atom. The lowest BCUT2D eigenvalue weighted by molar-refractivity contribution is -0.143. The Labute approximate surface area is 142 Å². The highest BCUT2D eigenvalue weighted by Crippen LogP contribution is 2.28. The number of hydrogen-bond donors (Lipinski definition) is 1. The zero-order valence-corrected chi connectivity index (χ0v) is 13.4. The number of thiophene rings is 1. The van der Waals surface area contributed by atoms with Gasteiger partial charge in [-0.25, -0.2) is 4.79 Å². The van der Waals surface area contributed by atoms with Crippen molar-refractivity contribution in [3.8, 4) is 0 Å². The Bertz CT molecular complexity index is 799. The summed E-state index contributed by atoms with van der Waals surface area (Å²) in [6.45, 7) is -0.520. The number of nitrogens with zero attached hydrogens (tertiary/aromatic N) is 1. The molecule has 1 N–H and O–H groups in total. The van der Waals surface area contributed by atoms with Crippen LogP contribution >= 0.6 is 11.3 Å². The normalized spacial score (nSPS) is 13.5. The van der Waals surface area contributed by atoms with Crippen LogP contribution in [0.4, 0.5) is 11.4 Å². The van der Waals surface area contributed by atoms with Crippen LogP contribution in [-0.4, -0.2) is 30.9 Å². The molecular weight excluding hydrogens is 328 g/mol. The van der Waals surface area contributed by atoms with Gasteiger partial charge in [-0.15, -0.1) is 11.3 Å². The van der Waals surface area contributed by atoms with Gasteiger partial charge in [-0.05, 0) is 29.7 Å². The molecule has 2 aromatic rings. The first-order chi connectivity index (χ1) is 11.6. The van der Waals surface area contributed by atoms with E-state index in [0.29, 0.717) is 11.4 Å². The second-order valence-corrected chi connectivity index (χ2v) is 5.98. The standard InChI is InChI=1S/C17H14N2O4S/c20-15-10-19(14-6-2-1-5-13(14)18-15)16(21)11-23-17(22)8-7-12-4-3-9-24-12/h1-9H,10-11H2,(H,18,20). The summed E-state index contributed by atoms with van der Waals surface area (Å²) in [4.78, 5) is 37.9. The molecule has 1 aliphatic rings. The molecule has 2 heterocycles. The second-order valence-electron chi connectivity index (χ2n) is 5.00. The minimum absolute atomic E-state index is 0.0988. The molecule has 1 aliphatic heterocycles. The molecule has 0 atom stereocenters. The molecule has 0 aliphatic carbocycles. The van der Waals surface area contributed by atoms with Crippen LogP contribution in [0.1, 0.15) is 4.88 Å². The number of esters is 1. The van der Waals surface area contributed by atoms with Crippen molar-refractivity contribution in [3.05, 3.63) is 52.7 Å². The maximum Gasteiger partial charge on any atom is 0.331 e. The molecule has 0 unspecified atom stereocenters. The predicted octanol–water partition coefficient (Wildman–Crippen LogP) is 2.29. The second kappa shape index (κ2) is 7.10. The van der Waals surface area contributed by atoms with Gasteiger partial charge in [-0.2, -0.15) is 0 Å². The molecule has 122 valence electrons. The van der Waals surface area contributed by atoms with Gasteiger partial charge < -0.3 is 10.1 Å². The molecule has 0 saturated carbocycles. The Kier molecular flexibility index (Phi) is 4.72. The third-order valence-corrected chi connectivity index (χ3v) is 4.17. The quantitative estimate of drug-likeness (QED) is 0.683. The highest BCUT2D eigenvalue weighted by Gasteiger charge is 2.26. The first-order valence-corrected chi connectivity index (χ1v) is 8.09. The lowest BCUT2D eigenvalue weighted by atomic mass is 10.2. The van der Waals surface area contributed by atoms with E-state index in [-0.39, 0.29) is 12.5 Å². The van der Waals surface area contributed by atoms with Gasteiger partial charge in [0.2, 0.25) is 5.91 Å². The zero-order valence-electron chi connectivity index (χ0n) is 12.6. The first-order valence-electron chi connectivity index (χ1n) is 7.21. The van der Waals surface area contributed by atoms with E-state index in [1.807, 2.05) is 17.5 Å². The van der Waals surface area contributed by atoms with E-state index in [0.717, 1.165) is 4.88 Å². The van der Waals surface area contributed by atoms with Crippen LogP contribution in [0.15, 0.2) is 47.9 Å². The van der Waals surface area contributed by atoms with Crippen molar-refractivity contribution in [2.45, 2.75) is 0 Å². The Morgan fingerprint density at radius 3 is 2.88 bits per heavy atom. The highest BCUT2D eigenvalue weighted by molar-refractivity contribution is 7.10. The summed E-state index contributed by atoms with van der Waals surface area (Å²) in [6, 6.07) is 10.7. The Balaban J connectivity index is 1.61. The summed E-state index contributed by atoms with van der Waals surface area (Å²) < 4.78 is 4.96. The molecule has 7 heteroatoms. The monoisotopic (exact) mass is 342 g/mol. The number of para-hydroxylation sites is 2. The van der Waals surface area contributed by atoms with Crippen molar-refractivity contribution >= 4 is 46.6 Å². The number of rotatable bonds is 4. The Morgan fingerprint density at radius 1 is 1.25 bits per heavy atom. The van der Waals surface area contributed by atoms with E-state index in [4.69, 9.17) is 4.74 Å². The number of hydrogen-bond acceptors (Lipinski definition) is 5. The van der Waals surface area contributed by atoms with Gasteiger partial charge in [-0.1, -0.05) is 18.2 Å². The lowest BCUT2D eigenvalue weighted by Gasteiger charge is -2.28. The molecule has 0 bridgehead atoms. The van der Waals surface area contributed by atoms with Crippen molar-refractivity contribution < 1.29 is 19.1 Å². The SMILES string of the molecule is O=C1CN(C(=O)COC(=O)C=Cc2cccs2)c2ccccc2N1. The average Bonchev–Trinajstić information content (AvgIpc) is 3.10. The van der Waals surface area contributed by atoms with Crippen LogP contribution in [0, 0.1) is 0 Å². The van der Waals surface area contributed by atoms with Gasteiger partial charge in [0, 0.05) is 11.0 Å². The molecule has 2 amide bonds. The molecule has 0 fully saturated rings. The predicted molar refractivity (Wildman–Crippen MR) is 91.7 cm³/mol. The molecule has 3 rings (SSSR count). The molecule has 0 radical (unpaired) electrons. The molecule has 0 saturated heterocycles. The molecular formula is C17H14N2O4S. The van der Waals surface area contributed by atoms with Crippen molar-refractivity contribution in [3.63, 3.8) is 0 Å². The van der Waals surface area contributed by atoms with Crippen LogP contribution < -0.4 is 10.2 Å². The summed E-state index contributed by atoms with van der Waals surface area (Å²) >= 11 is 1.49. The highest BCUT2D eigenvalue weighted by atomic mass is 32.1. The van der Waals surface area contributed by atoms with Crippen molar-refractivity contribution in [1.82, 2.24) is 0 Å². The van der Waals surface area contributed by atoms with E-state index in [2.05, 4.69) is 5.32 Å². The summed E-state index contributed by atoms with van der Waals surface area (Å²) in [6.07, 6.45) is 2.90. The molecule has 1 aromatic heterocycles. The van der Waals surface area contributed by atoms with E-state index < -0.39 is 18.5 Å². The van der Waals surface area contributed by atoms with Gasteiger partial charge in [0.15, 0.2) is 6.61 Å². The molecule has 24 heavy (non-hydrogen) atoms. The topological polar surface area (TPSA) is 75.7 Å². The fourth-order valence-electron chi connectivity index (χ4n) is 2.25. The van der Waals surface area contributed by atoms with Gasteiger partial charge in [-0.3, -0.25) is 14.5 Å². The Hall–Kier alpha value is -2.93. The first kappa shape index (κ1) is 15.9. The third kappa shape index (κ3) is 3.69. The van der Waals surface area contributed by atoms with Crippen molar-refractivity contribution in [2.24, 2.45) is 0 Å².